The van der Waals surface area contributed by atoms with Gasteiger partial charge in [-0.25, -0.2) is 0 Å². The fourth-order valence-electron chi connectivity index (χ4n) is 17.3. The summed E-state index contributed by atoms with van der Waals surface area (Å²) in [6.07, 6.45) is 17.6. The molecule has 0 saturated carbocycles. The van der Waals surface area contributed by atoms with E-state index >= 15 is 0 Å². The van der Waals surface area contributed by atoms with Gasteiger partial charge in [-0.05, 0) is 267 Å². The maximum Gasteiger partial charge on any atom is 0.318 e. The van der Waals surface area contributed by atoms with Crippen LogP contribution in [0.3, 0.4) is 0 Å². The van der Waals surface area contributed by atoms with Crippen LogP contribution >= 0.6 is 16.9 Å². The van der Waals surface area contributed by atoms with Crippen molar-refractivity contribution in [2.45, 2.75) is 261 Å². The molecule has 0 spiro atoms. The third-order valence-corrected chi connectivity index (χ3v) is 28.6. The molecule has 598 valence electrons. The normalized spacial score (nSPS) is 14.3. The second kappa shape index (κ2) is 29.4. The second-order valence-electron chi connectivity index (χ2n) is 42.2. The molecule has 6 nitrogen and oxygen atoms in total. The van der Waals surface area contributed by atoms with E-state index < -0.39 is 16.9 Å². The van der Waals surface area contributed by atoms with Crippen molar-refractivity contribution in [3.05, 3.63) is 286 Å². The highest BCUT2D eigenvalue weighted by molar-refractivity contribution is 7.50. The molecule has 0 amide bonds. The van der Waals surface area contributed by atoms with Crippen molar-refractivity contribution in [1.82, 2.24) is 17.4 Å². The minimum Gasteiger partial charge on any atom is -0.435 e. The van der Waals surface area contributed by atoms with Crippen molar-refractivity contribution >= 4 is 60.5 Å². The lowest BCUT2D eigenvalue weighted by Crippen LogP contribution is -2.16. The lowest BCUT2D eigenvalue weighted by Gasteiger charge is -2.31. The Labute approximate surface area is 696 Å². The van der Waals surface area contributed by atoms with Gasteiger partial charge in [0.15, 0.2) is 0 Å². The molecule has 14 aromatic rings. The monoisotopic (exact) mass is 1570 g/mol. The van der Waals surface area contributed by atoms with E-state index in [1.54, 1.807) is 0 Å². The zero-order chi connectivity index (χ0) is 82.5. The van der Waals surface area contributed by atoms with Crippen molar-refractivity contribution < 1.29 is 9.05 Å². The quantitative estimate of drug-likeness (QED) is 0.108. The molecule has 0 bridgehead atoms. The number of aryl methyl sites for hydroxylation is 2. The minimum absolute atomic E-state index is 0.0505. The molecule has 2 aliphatic carbocycles. The Hall–Kier alpha value is -9.18. The van der Waals surface area contributed by atoms with Crippen LogP contribution in [0, 0.1) is 0 Å². The van der Waals surface area contributed by atoms with Crippen molar-refractivity contribution in [3.8, 4) is 67.1 Å². The molecular formula is C108H124N4O2P2. The Bertz CT molecular complexity index is 5330. The number of nitrogens with zero attached hydrogens (tertiary/aromatic N) is 4. The molecule has 8 heteroatoms. The maximum atomic E-state index is 8.49. The topological polar surface area (TPSA) is 38.2 Å². The van der Waals surface area contributed by atoms with E-state index in [0.29, 0.717) is 0 Å². The van der Waals surface area contributed by atoms with Crippen LogP contribution in [0.5, 0.6) is 11.5 Å². The second-order valence-corrected chi connectivity index (χ2v) is 45.3. The molecule has 0 aliphatic heterocycles. The fourth-order valence-corrected chi connectivity index (χ4v) is 20.9. The van der Waals surface area contributed by atoms with Gasteiger partial charge in [0.05, 0.1) is 22.1 Å². The van der Waals surface area contributed by atoms with Crippen LogP contribution < -0.4 is 9.05 Å². The van der Waals surface area contributed by atoms with E-state index in [0.717, 1.165) is 84.9 Å². The Morgan fingerprint density at radius 2 is 0.440 bits per heavy atom. The minimum atomic E-state index is -1.76. The average molecular weight is 1570 g/mol. The molecule has 0 radical (unpaired) electrons. The highest BCUT2D eigenvalue weighted by Crippen LogP contribution is 2.57. The third-order valence-electron chi connectivity index (χ3n) is 25.0. The summed E-state index contributed by atoms with van der Waals surface area (Å²) in [5, 5.41) is 4.67. The SMILES string of the molecule is CC(C)(C)c1cc(-c2ccc3ccn(P(Oc4ccc5c(c4-c4c(OP(n6ccc7ccc(-c8cc(C(C)(C)C)cc(C(C)(C)C)c8)cc76)n6ccc7ccc(-c8cc(C(C)(C)C)cc(C(C)(C)C)c8)cc76)ccc6c4CCCC6)CCCC5)n4ccc5ccc(-c6cc(C(C)(C)C)cc(C(C)(C)C)c6)cc54)c3c2)cc(C(C)(C)C)c1. The zero-order valence-electron chi connectivity index (χ0n) is 73.9. The predicted molar refractivity (Wildman–Crippen MR) is 501 cm³/mol. The summed E-state index contributed by atoms with van der Waals surface area (Å²) in [6, 6.07) is 76.5. The standard InChI is InChI=1S/C108H124N4O2P2/c1-101(2,3)83-53-79(54-84(65-83)102(4,5)6)75-37-33-71-45-49-109(93(71)61-75)115(110-50-46-72-34-38-76(62-94(72)110)80-55-85(103(7,8)9)66-86(56-80)104(10,11)12)113-97-43-41-69-29-25-27-31-91(69)99(97)100-92-32-28-26-30-70(92)42-44-98(100)114-116(111-51-47-73-35-39-77(63-95(73)111)81-57-87(105(13,14)15)67-88(58-81)106(16,17)18)112-52-48-74-36-40-78(64-96(74)112)82-59-89(107(19,20)21)68-90(60-82)108(22,23)24/h33-68H,25-32H2,1-24H3. The van der Waals surface area contributed by atoms with Gasteiger partial charge in [-0.3, -0.25) is 17.4 Å². The van der Waals surface area contributed by atoms with Crippen LogP contribution in [0.25, 0.3) is 99.2 Å². The van der Waals surface area contributed by atoms with Gasteiger partial charge in [-0.1, -0.05) is 300 Å². The number of fused-ring (bicyclic) bond motifs is 6. The van der Waals surface area contributed by atoms with Crippen molar-refractivity contribution in [3.63, 3.8) is 0 Å². The van der Waals surface area contributed by atoms with Crippen LogP contribution in [0.4, 0.5) is 0 Å². The van der Waals surface area contributed by atoms with E-state index in [4.69, 9.17) is 9.05 Å². The number of rotatable bonds is 13. The zero-order valence-corrected chi connectivity index (χ0v) is 75.7. The Kier molecular flexibility index (Phi) is 20.4. The smallest absolute Gasteiger partial charge is 0.318 e. The van der Waals surface area contributed by atoms with Gasteiger partial charge < -0.3 is 9.05 Å². The highest BCUT2D eigenvalue weighted by Gasteiger charge is 2.35. The summed E-state index contributed by atoms with van der Waals surface area (Å²) in [6.45, 7) is 56.2. The summed E-state index contributed by atoms with van der Waals surface area (Å²) in [4.78, 5) is 0. The molecule has 0 N–H and O–H groups in total. The average Bonchev–Trinajstić information content (AvgIpc) is 1.31. The van der Waals surface area contributed by atoms with Gasteiger partial charge in [-0.2, -0.15) is 0 Å². The summed E-state index contributed by atoms with van der Waals surface area (Å²) in [5.41, 5.74) is 32.4. The molecule has 16 rings (SSSR count). The number of hydrogen-bond acceptors (Lipinski definition) is 2. The molecule has 0 fully saturated rings. The van der Waals surface area contributed by atoms with Gasteiger partial charge in [-0.15, -0.1) is 0 Å². The third kappa shape index (κ3) is 15.9. The molecule has 116 heavy (non-hydrogen) atoms. The first-order valence-corrected chi connectivity index (χ1v) is 45.2. The molecule has 0 atom stereocenters. The van der Waals surface area contributed by atoms with Crippen LogP contribution in [0.2, 0.25) is 0 Å². The Morgan fingerprint density at radius 3 is 0.655 bits per heavy atom. The lowest BCUT2D eigenvalue weighted by atomic mass is 9.79. The van der Waals surface area contributed by atoms with E-state index in [-0.39, 0.29) is 43.3 Å². The molecule has 0 saturated heterocycles. The van der Waals surface area contributed by atoms with E-state index in [1.165, 1.54) is 144 Å². The first-order valence-electron chi connectivity index (χ1n) is 42.9. The van der Waals surface area contributed by atoms with Gasteiger partial charge in [0.1, 0.15) is 11.5 Å². The largest absolute Gasteiger partial charge is 0.435 e. The lowest BCUT2D eigenvalue weighted by molar-refractivity contribution is 0.568. The molecule has 10 aromatic carbocycles. The van der Waals surface area contributed by atoms with Crippen LogP contribution in [-0.4, -0.2) is 17.4 Å². The first kappa shape index (κ1) is 80.6. The molecule has 4 aromatic heterocycles. The van der Waals surface area contributed by atoms with E-state index in [2.05, 4.69) is 402 Å². The fraction of sp³-hybridized carbons (Fsp3) is 0.370. The maximum absolute atomic E-state index is 8.49. The summed E-state index contributed by atoms with van der Waals surface area (Å²) in [7, 11) is -3.53. The Morgan fingerprint density at radius 1 is 0.224 bits per heavy atom. The van der Waals surface area contributed by atoms with Gasteiger partial charge in [0.25, 0.3) is 0 Å². The first-order chi connectivity index (χ1) is 54.5. The predicted octanol–water partition coefficient (Wildman–Crippen LogP) is 31.4. The number of benzene rings is 10. The van der Waals surface area contributed by atoms with Crippen molar-refractivity contribution in [1.29, 1.82) is 0 Å². The van der Waals surface area contributed by atoms with E-state index in [1.807, 2.05) is 0 Å². The van der Waals surface area contributed by atoms with Crippen LogP contribution in [-0.2, 0) is 69.0 Å². The van der Waals surface area contributed by atoms with E-state index in [9.17, 15) is 0 Å². The van der Waals surface area contributed by atoms with Gasteiger partial charge >= 0.3 is 16.9 Å². The van der Waals surface area contributed by atoms with Crippen molar-refractivity contribution in [2.24, 2.45) is 0 Å². The molecule has 4 heterocycles. The summed E-state index contributed by atoms with van der Waals surface area (Å²) < 4.78 is 26.9. The number of hydrogen-bond donors (Lipinski definition) is 0. The Balaban J connectivity index is 0.929. The number of aromatic nitrogens is 4. The van der Waals surface area contributed by atoms with Gasteiger partial charge in [0.2, 0.25) is 0 Å². The molecular weight excluding hydrogens is 1450 g/mol. The van der Waals surface area contributed by atoms with Crippen LogP contribution in [0.15, 0.2) is 219 Å². The molecule has 0 unspecified atom stereocenters. The van der Waals surface area contributed by atoms with Crippen LogP contribution in [0.1, 0.15) is 259 Å². The summed E-state index contributed by atoms with van der Waals surface area (Å²) >= 11 is 0. The van der Waals surface area contributed by atoms with Crippen molar-refractivity contribution in [2.75, 3.05) is 0 Å². The molecule has 2 aliphatic rings. The van der Waals surface area contributed by atoms with Gasteiger partial charge in [0, 0.05) is 57.5 Å². The summed E-state index contributed by atoms with van der Waals surface area (Å²) in [5.74, 6) is 1.76. The highest BCUT2D eigenvalue weighted by atomic mass is 31.2.